The molecule has 0 saturated carbocycles. The lowest BCUT2D eigenvalue weighted by atomic mass is 10.2. The van der Waals surface area contributed by atoms with Crippen molar-refractivity contribution in [3.63, 3.8) is 0 Å². The van der Waals surface area contributed by atoms with Crippen LogP contribution in [0.2, 0.25) is 0 Å². The van der Waals surface area contributed by atoms with E-state index in [0.29, 0.717) is 10.6 Å². The van der Waals surface area contributed by atoms with Gasteiger partial charge in [-0.3, -0.25) is 4.79 Å². The summed E-state index contributed by atoms with van der Waals surface area (Å²) in [6.45, 7) is 1.57. The van der Waals surface area contributed by atoms with Crippen molar-refractivity contribution >= 4 is 17.7 Å². The van der Waals surface area contributed by atoms with E-state index in [2.05, 4.69) is 0 Å². The lowest BCUT2D eigenvalue weighted by Gasteiger charge is -2.07. The van der Waals surface area contributed by atoms with Crippen molar-refractivity contribution < 1.29 is 14.3 Å². The molecule has 0 aromatic heterocycles. The topological polar surface area (TPSA) is 61.1 Å². The number of carboxylic acids is 1. The summed E-state index contributed by atoms with van der Waals surface area (Å²) in [7, 11) is 0. The Hall–Kier alpha value is -1.54. The van der Waals surface area contributed by atoms with Crippen LogP contribution in [0.25, 0.3) is 0 Å². The highest BCUT2D eigenvalue weighted by Crippen LogP contribution is 2.26. The highest BCUT2D eigenvalue weighted by atomic mass is 32.2. The summed E-state index contributed by atoms with van der Waals surface area (Å²) in [6, 6.07) is 6.10. The van der Waals surface area contributed by atoms with Gasteiger partial charge in [0.2, 0.25) is 0 Å². The molecule has 0 radical (unpaired) electrons. The third-order valence-corrected chi connectivity index (χ3v) is 3.32. The maximum atomic E-state index is 13.2. The number of benzene rings is 1. The number of rotatable bonds is 4. The first-order valence-corrected chi connectivity index (χ1v) is 5.59. The Balaban J connectivity index is 2.79. The zero-order valence-electron chi connectivity index (χ0n) is 8.61. The Labute approximate surface area is 96.9 Å². The van der Waals surface area contributed by atoms with Gasteiger partial charge in [-0.15, -0.1) is 11.8 Å². The number of hydrogen-bond acceptors (Lipinski definition) is 3. The molecule has 1 N–H and O–H groups in total. The van der Waals surface area contributed by atoms with Crippen LogP contribution < -0.4 is 0 Å². The van der Waals surface area contributed by atoms with Crippen LogP contribution in [-0.2, 0) is 4.79 Å². The van der Waals surface area contributed by atoms with E-state index in [0.717, 1.165) is 0 Å². The van der Waals surface area contributed by atoms with Crippen molar-refractivity contribution in [1.82, 2.24) is 0 Å². The summed E-state index contributed by atoms with van der Waals surface area (Å²) in [5, 5.41) is 17.4. The fourth-order valence-electron chi connectivity index (χ4n) is 1.02. The maximum absolute atomic E-state index is 13.2. The summed E-state index contributed by atoms with van der Waals surface area (Å²) >= 11 is 1.18. The van der Waals surface area contributed by atoms with Crippen LogP contribution in [0.1, 0.15) is 12.5 Å². The molecule has 0 aliphatic heterocycles. The van der Waals surface area contributed by atoms with Crippen molar-refractivity contribution in [2.45, 2.75) is 11.8 Å². The van der Waals surface area contributed by atoms with E-state index in [1.54, 1.807) is 19.1 Å². The van der Waals surface area contributed by atoms with Gasteiger partial charge in [-0.05, 0) is 12.1 Å². The number of hydrogen-bond donors (Lipinski definition) is 1. The van der Waals surface area contributed by atoms with Crippen LogP contribution in [0, 0.1) is 23.1 Å². The van der Waals surface area contributed by atoms with E-state index in [-0.39, 0.29) is 5.56 Å². The average molecular weight is 239 g/mol. The Morgan fingerprint density at radius 3 is 2.94 bits per heavy atom. The molecular formula is C11H10FNO2S. The van der Waals surface area contributed by atoms with Crippen molar-refractivity contribution in [2.75, 3.05) is 5.75 Å². The molecule has 1 rings (SSSR count). The van der Waals surface area contributed by atoms with Gasteiger partial charge in [0.05, 0.1) is 5.92 Å². The third-order valence-electron chi connectivity index (χ3n) is 2.00. The fraction of sp³-hybridized carbons (Fsp3) is 0.273. The smallest absolute Gasteiger partial charge is 0.307 e. The third kappa shape index (κ3) is 2.97. The number of thioether (sulfide) groups is 1. The summed E-state index contributed by atoms with van der Waals surface area (Å²) in [5.74, 6) is -1.69. The Kier molecular flexibility index (Phi) is 4.32. The fourth-order valence-corrected chi connectivity index (χ4v) is 2.05. The van der Waals surface area contributed by atoms with Gasteiger partial charge in [-0.1, -0.05) is 13.0 Å². The van der Waals surface area contributed by atoms with Crippen LogP contribution in [0.5, 0.6) is 0 Å². The zero-order chi connectivity index (χ0) is 12.1. The van der Waals surface area contributed by atoms with Crippen LogP contribution >= 0.6 is 11.8 Å². The van der Waals surface area contributed by atoms with Gasteiger partial charge in [0.15, 0.2) is 0 Å². The molecule has 0 heterocycles. The van der Waals surface area contributed by atoms with E-state index in [9.17, 15) is 9.18 Å². The van der Waals surface area contributed by atoms with Gasteiger partial charge in [-0.25, -0.2) is 4.39 Å². The minimum atomic E-state index is -0.901. The molecule has 0 aliphatic carbocycles. The molecule has 0 bridgehead atoms. The predicted molar refractivity (Wildman–Crippen MR) is 58.6 cm³/mol. The predicted octanol–water partition coefficient (Wildman–Crippen LogP) is 2.51. The van der Waals surface area contributed by atoms with E-state index in [1.165, 1.54) is 23.9 Å². The summed E-state index contributed by atoms with van der Waals surface area (Å²) < 4.78 is 13.2. The van der Waals surface area contributed by atoms with Gasteiger partial charge in [0.1, 0.15) is 17.4 Å². The lowest BCUT2D eigenvalue weighted by molar-refractivity contribution is -0.140. The Morgan fingerprint density at radius 2 is 2.38 bits per heavy atom. The number of nitriles is 1. The van der Waals surface area contributed by atoms with Crippen molar-refractivity contribution in [3.8, 4) is 6.07 Å². The normalized spacial score (nSPS) is 11.8. The van der Waals surface area contributed by atoms with Crippen LogP contribution in [0.3, 0.4) is 0 Å². The lowest BCUT2D eigenvalue weighted by Crippen LogP contribution is -2.11. The van der Waals surface area contributed by atoms with E-state index in [4.69, 9.17) is 10.4 Å². The van der Waals surface area contributed by atoms with Gasteiger partial charge in [0.25, 0.3) is 0 Å². The zero-order valence-corrected chi connectivity index (χ0v) is 9.42. The first kappa shape index (κ1) is 12.5. The maximum Gasteiger partial charge on any atom is 0.307 e. The highest BCUT2D eigenvalue weighted by molar-refractivity contribution is 7.99. The molecule has 0 fully saturated rings. The Bertz CT molecular complexity index is 442. The van der Waals surface area contributed by atoms with Gasteiger partial charge in [-0.2, -0.15) is 5.26 Å². The molecule has 3 nitrogen and oxygen atoms in total. The van der Waals surface area contributed by atoms with Gasteiger partial charge >= 0.3 is 5.97 Å². The number of nitrogens with zero attached hydrogens (tertiary/aromatic N) is 1. The monoisotopic (exact) mass is 239 g/mol. The first-order valence-electron chi connectivity index (χ1n) is 4.60. The minimum Gasteiger partial charge on any atom is -0.481 e. The first-order chi connectivity index (χ1) is 7.56. The van der Waals surface area contributed by atoms with E-state index < -0.39 is 17.7 Å². The molecule has 1 aromatic rings. The molecule has 0 spiro atoms. The molecule has 1 aromatic carbocycles. The SMILES string of the molecule is CC(CSc1cccc(F)c1C#N)C(=O)O. The molecule has 84 valence electrons. The van der Waals surface area contributed by atoms with Crippen LogP contribution in [-0.4, -0.2) is 16.8 Å². The molecule has 1 atom stereocenters. The number of aliphatic carboxylic acids is 1. The second-order valence-corrected chi connectivity index (χ2v) is 4.34. The number of carbonyl (C=O) groups is 1. The molecule has 16 heavy (non-hydrogen) atoms. The van der Waals surface area contributed by atoms with Crippen molar-refractivity contribution in [3.05, 3.63) is 29.6 Å². The molecule has 5 heteroatoms. The largest absolute Gasteiger partial charge is 0.481 e. The Morgan fingerprint density at radius 1 is 1.69 bits per heavy atom. The van der Waals surface area contributed by atoms with Crippen molar-refractivity contribution in [1.29, 1.82) is 5.26 Å². The standard InChI is InChI=1S/C11H10FNO2S/c1-7(11(14)15)6-16-10-4-2-3-9(12)8(10)5-13/h2-4,7H,6H2,1H3,(H,14,15). The van der Waals surface area contributed by atoms with Gasteiger partial charge in [0, 0.05) is 10.6 Å². The second-order valence-electron chi connectivity index (χ2n) is 3.28. The molecule has 0 aliphatic rings. The average Bonchev–Trinajstić information content (AvgIpc) is 2.25. The van der Waals surface area contributed by atoms with E-state index >= 15 is 0 Å². The van der Waals surface area contributed by atoms with Gasteiger partial charge < -0.3 is 5.11 Å². The quantitative estimate of drug-likeness (QED) is 0.820. The van der Waals surface area contributed by atoms with Crippen molar-refractivity contribution in [2.24, 2.45) is 5.92 Å². The van der Waals surface area contributed by atoms with Crippen LogP contribution in [0.15, 0.2) is 23.1 Å². The molecule has 0 amide bonds. The highest BCUT2D eigenvalue weighted by Gasteiger charge is 2.14. The van der Waals surface area contributed by atoms with Crippen LogP contribution in [0.4, 0.5) is 4.39 Å². The number of carboxylic acid groups (broad SMARTS) is 1. The minimum absolute atomic E-state index is 0.0231. The summed E-state index contributed by atoms with van der Waals surface area (Å²) in [5.41, 5.74) is -0.0231. The summed E-state index contributed by atoms with van der Waals surface area (Å²) in [4.78, 5) is 11.1. The molecule has 1 unspecified atom stereocenters. The second kappa shape index (κ2) is 5.52. The number of halogens is 1. The molecule has 0 saturated heterocycles. The molecular weight excluding hydrogens is 229 g/mol. The van der Waals surface area contributed by atoms with E-state index in [1.807, 2.05) is 0 Å². The summed E-state index contributed by atoms with van der Waals surface area (Å²) in [6.07, 6.45) is 0.